The van der Waals surface area contributed by atoms with Crippen LogP contribution in [0.15, 0.2) is 34.2 Å². The molecule has 1 aliphatic rings. The van der Waals surface area contributed by atoms with Gasteiger partial charge in [-0.3, -0.25) is 19.0 Å². The maximum atomic E-state index is 13.6. The molecular weight excluding hydrogens is 434 g/mol. The van der Waals surface area contributed by atoms with E-state index >= 15 is 0 Å². The van der Waals surface area contributed by atoms with E-state index in [0.29, 0.717) is 10.5 Å². The van der Waals surface area contributed by atoms with Gasteiger partial charge in [0.15, 0.2) is 5.16 Å². The highest BCUT2D eigenvalue weighted by molar-refractivity contribution is 7.99. The van der Waals surface area contributed by atoms with Crippen molar-refractivity contribution in [1.82, 2.24) is 14.9 Å². The molecule has 1 aromatic carbocycles. The zero-order chi connectivity index (χ0) is 22.0. The molecule has 0 bridgehead atoms. The third-order valence-electron chi connectivity index (χ3n) is 5.24. The van der Waals surface area contributed by atoms with Gasteiger partial charge in [-0.25, -0.2) is 4.98 Å². The van der Waals surface area contributed by atoms with Crippen LogP contribution in [0.5, 0.6) is 0 Å². The predicted octanol–water partition coefficient (Wildman–Crippen LogP) is 3.02. The molecule has 0 unspecified atom stereocenters. The average molecular weight is 458 g/mol. The Bertz CT molecular complexity index is 1200. The lowest BCUT2D eigenvalue weighted by Crippen LogP contribution is -2.31. The number of nitrogens with one attached hydrogen (secondary N) is 1. The molecule has 9 heteroatoms. The summed E-state index contributed by atoms with van der Waals surface area (Å²) in [5, 5.41) is 3.69. The normalized spacial score (nSPS) is 13.1. The number of fused-ring (bicyclic) bond motifs is 3. The summed E-state index contributed by atoms with van der Waals surface area (Å²) in [7, 11) is 1.27. The largest absolute Gasteiger partial charge is 0.468 e. The lowest BCUT2D eigenvalue weighted by molar-refractivity contribution is -0.140. The van der Waals surface area contributed by atoms with E-state index in [2.05, 4.69) is 10.1 Å². The summed E-state index contributed by atoms with van der Waals surface area (Å²) in [5.41, 5.74) is 2.86. The van der Waals surface area contributed by atoms with Crippen LogP contribution in [-0.2, 0) is 27.2 Å². The van der Waals surface area contributed by atoms with E-state index in [4.69, 9.17) is 4.98 Å². The fraction of sp³-hybridized carbons (Fsp3) is 0.364. The quantitative estimate of drug-likeness (QED) is 0.348. The molecular formula is C22H23N3O4S2. The molecule has 0 aliphatic heterocycles. The smallest absolute Gasteiger partial charge is 0.325 e. The van der Waals surface area contributed by atoms with Crippen molar-refractivity contribution in [3.05, 3.63) is 50.6 Å². The summed E-state index contributed by atoms with van der Waals surface area (Å²) >= 11 is 2.77. The fourth-order valence-corrected chi connectivity index (χ4v) is 5.77. The number of aryl methyl sites for hydroxylation is 3. The number of ether oxygens (including phenoxy) is 1. The first-order valence-corrected chi connectivity index (χ1v) is 11.9. The molecule has 2 heterocycles. The predicted molar refractivity (Wildman–Crippen MR) is 122 cm³/mol. The van der Waals surface area contributed by atoms with Crippen LogP contribution in [0.4, 0.5) is 0 Å². The van der Waals surface area contributed by atoms with Gasteiger partial charge >= 0.3 is 5.97 Å². The monoisotopic (exact) mass is 457 g/mol. The highest BCUT2D eigenvalue weighted by atomic mass is 32.2. The first-order valence-electron chi connectivity index (χ1n) is 10.1. The summed E-state index contributed by atoms with van der Waals surface area (Å²) in [5.74, 6) is -0.810. The summed E-state index contributed by atoms with van der Waals surface area (Å²) in [6, 6.07) is 7.69. The fourth-order valence-electron chi connectivity index (χ4n) is 3.63. The van der Waals surface area contributed by atoms with Crippen LogP contribution in [0, 0.1) is 6.92 Å². The van der Waals surface area contributed by atoms with Crippen molar-refractivity contribution in [3.8, 4) is 5.69 Å². The van der Waals surface area contributed by atoms with Crippen molar-refractivity contribution < 1.29 is 14.3 Å². The summed E-state index contributed by atoms with van der Waals surface area (Å²) < 4.78 is 6.14. The molecule has 4 rings (SSSR count). The number of carbonyl (C=O) groups is 2. The van der Waals surface area contributed by atoms with E-state index in [-0.39, 0.29) is 23.8 Å². The Morgan fingerprint density at radius 1 is 1.23 bits per heavy atom. The van der Waals surface area contributed by atoms with Crippen LogP contribution in [0.3, 0.4) is 0 Å². The molecule has 0 fully saturated rings. The van der Waals surface area contributed by atoms with Crippen LogP contribution >= 0.6 is 23.1 Å². The first-order chi connectivity index (χ1) is 15.0. The number of rotatable bonds is 6. The van der Waals surface area contributed by atoms with E-state index in [1.165, 1.54) is 23.7 Å². The van der Waals surface area contributed by atoms with Gasteiger partial charge in [0.1, 0.15) is 11.4 Å². The number of aromatic nitrogens is 2. The highest BCUT2D eigenvalue weighted by Crippen LogP contribution is 2.35. The average Bonchev–Trinajstić information content (AvgIpc) is 3.15. The molecule has 0 atom stereocenters. The lowest BCUT2D eigenvalue weighted by atomic mass is 9.97. The molecule has 2 aromatic heterocycles. The molecule has 7 nitrogen and oxygen atoms in total. The Morgan fingerprint density at radius 3 is 2.71 bits per heavy atom. The van der Waals surface area contributed by atoms with Crippen LogP contribution in [0.25, 0.3) is 15.9 Å². The van der Waals surface area contributed by atoms with Crippen LogP contribution in [0.2, 0.25) is 0 Å². The van der Waals surface area contributed by atoms with Gasteiger partial charge < -0.3 is 10.1 Å². The van der Waals surface area contributed by atoms with Crippen LogP contribution < -0.4 is 10.9 Å². The molecule has 0 radical (unpaired) electrons. The standard InChI is InChI=1S/C22H23N3O4S2/c1-13-7-9-14(10-8-13)25-21(28)19-15-5-3-4-6-16(15)31-20(19)24-22(25)30-12-17(26)23-11-18(27)29-2/h7-10H,3-6,11-12H2,1-2H3,(H,23,26). The van der Waals surface area contributed by atoms with Crippen molar-refractivity contribution in [3.63, 3.8) is 0 Å². The number of esters is 1. The Kier molecular flexibility index (Phi) is 6.43. The molecule has 0 saturated heterocycles. The minimum absolute atomic E-state index is 0.0336. The van der Waals surface area contributed by atoms with E-state index < -0.39 is 5.97 Å². The van der Waals surface area contributed by atoms with Gasteiger partial charge in [-0.15, -0.1) is 11.3 Å². The van der Waals surface area contributed by atoms with Crippen molar-refractivity contribution in [1.29, 1.82) is 0 Å². The highest BCUT2D eigenvalue weighted by Gasteiger charge is 2.23. The summed E-state index contributed by atoms with van der Waals surface area (Å²) in [6.45, 7) is 1.80. The minimum atomic E-state index is -0.515. The molecule has 31 heavy (non-hydrogen) atoms. The Labute approximate surface area is 187 Å². The minimum Gasteiger partial charge on any atom is -0.468 e. The van der Waals surface area contributed by atoms with Crippen molar-refractivity contribution in [2.75, 3.05) is 19.4 Å². The summed E-state index contributed by atoms with van der Waals surface area (Å²) in [4.78, 5) is 43.8. The second-order valence-electron chi connectivity index (χ2n) is 7.40. The van der Waals surface area contributed by atoms with Crippen LogP contribution in [0.1, 0.15) is 28.8 Å². The topological polar surface area (TPSA) is 90.3 Å². The Hall–Kier alpha value is -2.65. The van der Waals surface area contributed by atoms with Gasteiger partial charge in [0, 0.05) is 4.88 Å². The van der Waals surface area contributed by atoms with Gasteiger partial charge in [0.2, 0.25) is 5.91 Å². The maximum Gasteiger partial charge on any atom is 0.325 e. The number of methoxy groups -OCH3 is 1. The molecule has 1 aliphatic carbocycles. The van der Waals surface area contributed by atoms with Gasteiger partial charge in [-0.05, 0) is 50.3 Å². The van der Waals surface area contributed by atoms with E-state index in [9.17, 15) is 14.4 Å². The number of hydrogen-bond acceptors (Lipinski definition) is 7. The van der Waals surface area contributed by atoms with Crippen molar-refractivity contribution in [2.45, 2.75) is 37.8 Å². The molecule has 3 aromatic rings. The van der Waals surface area contributed by atoms with Gasteiger partial charge in [0.05, 0.1) is 23.9 Å². The van der Waals surface area contributed by atoms with E-state index in [0.717, 1.165) is 47.3 Å². The maximum absolute atomic E-state index is 13.6. The molecule has 162 valence electrons. The van der Waals surface area contributed by atoms with E-state index in [1.807, 2.05) is 31.2 Å². The van der Waals surface area contributed by atoms with Crippen molar-refractivity contribution in [2.24, 2.45) is 0 Å². The third-order valence-corrected chi connectivity index (χ3v) is 7.36. The zero-order valence-corrected chi connectivity index (χ0v) is 19.0. The van der Waals surface area contributed by atoms with Gasteiger partial charge in [0.25, 0.3) is 5.56 Å². The van der Waals surface area contributed by atoms with Crippen LogP contribution in [-0.4, -0.2) is 40.8 Å². The number of thiophene rings is 1. The third kappa shape index (κ3) is 4.52. The number of nitrogens with zero attached hydrogens (tertiary/aromatic N) is 2. The molecule has 1 N–H and O–H groups in total. The van der Waals surface area contributed by atoms with Gasteiger partial charge in [-0.1, -0.05) is 29.5 Å². The number of thioether (sulfide) groups is 1. The summed E-state index contributed by atoms with van der Waals surface area (Å²) in [6.07, 6.45) is 4.11. The zero-order valence-electron chi connectivity index (χ0n) is 17.4. The number of amides is 1. The number of benzene rings is 1. The molecule has 1 amide bonds. The second kappa shape index (κ2) is 9.23. The number of carbonyl (C=O) groups excluding carboxylic acids is 2. The first kappa shape index (κ1) is 21.6. The lowest BCUT2D eigenvalue weighted by Gasteiger charge is -2.14. The number of hydrogen-bond donors (Lipinski definition) is 1. The van der Waals surface area contributed by atoms with Crippen molar-refractivity contribution >= 4 is 45.2 Å². The second-order valence-corrected chi connectivity index (χ2v) is 9.43. The van der Waals surface area contributed by atoms with E-state index in [1.54, 1.807) is 15.9 Å². The Morgan fingerprint density at radius 2 is 1.97 bits per heavy atom. The van der Waals surface area contributed by atoms with Gasteiger partial charge in [-0.2, -0.15) is 0 Å². The SMILES string of the molecule is COC(=O)CNC(=O)CSc1nc2sc3c(c2c(=O)n1-c1ccc(C)cc1)CCCC3. The molecule has 0 saturated carbocycles. The molecule has 0 spiro atoms. The Balaban J connectivity index is 1.73.